The van der Waals surface area contributed by atoms with Crippen molar-refractivity contribution in [1.29, 1.82) is 0 Å². The monoisotopic (exact) mass is 401 g/mol. The summed E-state index contributed by atoms with van der Waals surface area (Å²) in [5.74, 6) is 3.34. The molecule has 3 rings (SSSR count). The summed E-state index contributed by atoms with van der Waals surface area (Å²) in [6.45, 7) is 6.29. The van der Waals surface area contributed by atoms with Crippen molar-refractivity contribution in [2.45, 2.75) is 38.6 Å². The molecule has 1 aliphatic heterocycles. The van der Waals surface area contributed by atoms with Crippen molar-refractivity contribution >= 4 is 11.8 Å². The van der Waals surface area contributed by atoms with Gasteiger partial charge in [-0.3, -0.25) is 0 Å². The van der Waals surface area contributed by atoms with Crippen LogP contribution in [0.1, 0.15) is 38.2 Å². The van der Waals surface area contributed by atoms with Gasteiger partial charge in [0.2, 0.25) is 5.95 Å². The molecule has 2 aromatic rings. The summed E-state index contributed by atoms with van der Waals surface area (Å²) in [4.78, 5) is 11.1. The van der Waals surface area contributed by atoms with Crippen molar-refractivity contribution in [3.63, 3.8) is 0 Å². The Labute approximate surface area is 172 Å². The number of benzene rings is 1. The van der Waals surface area contributed by atoms with Crippen LogP contribution in [-0.2, 0) is 0 Å². The predicted molar refractivity (Wildman–Crippen MR) is 114 cm³/mol. The zero-order valence-electron chi connectivity index (χ0n) is 17.9. The van der Waals surface area contributed by atoms with Crippen LogP contribution in [0, 0.1) is 0 Å². The maximum Gasteiger partial charge on any atom is 0.225 e. The Kier molecular flexibility index (Phi) is 6.64. The first kappa shape index (κ1) is 21.0. The fraction of sp³-hybridized carbons (Fsp3) is 0.524. The van der Waals surface area contributed by atoms with E-state index < -0.39 is 0 Å². The molecule has 0 spiro atoms. The zero-order chi connectivity index (χ0) is 21.0. The van der Waals surface area contributed by atoms with Gasteiger partial charge in [0.15, 0.2) is 23.1 Å². The lowest BCUT2D eigenvalue weighted by molar-refractivity contribution is 0.263. The van der Waals surface area contributed by atoms with Crippen LogP contribution in [0.25, 0.3) is 0 Å². The normalized spacial score (nSPS) is 15.4. The molecule has 3 N–H and O–H groups in total. The van der Waals surface area contributed by atoms with Gasteiger partial charge in [-0.25, -0.2) is 4.98 Å². The molecule has 8 heteroatoms. The zero-order valence-corrected chi connectivity index (χ0v) is 17.9. The molecule has 8 nitrogen and oxygen atoms in total. The minimum absolute atomic E-state index is 0.220. The number of piperidine rings is 1. The van der Waals surface area contributed by atoms with Gasteiger partial charge >= 0.3 is 0 Å². The molecule has 1 aromatic carbocycles. The maximum atomic E-state index is 6.17. The molecule has 0 saturated carbocycles. The smallest absolute Gasteiger partial charge is 0.225 e. The average molecular weight is 402 g/mol. The second-order valence-electron chi connectivity index (χ2n) is 7.67. The van der Waals surface area contributed by atoms with Crippen LogP contribution < -0.4 is 25.3 Å². The largest absolute Gasteiger partial charge is 0.493 e. The third-order valence-electron chi connectivity index (χ3n) is 5.19. The van der Waals surface area contributed by atoms with E-state index in [4.69, 9.17) is 19.9 Å². The van der Waals surface area contributed by atoms with Crippen LogP contribution in [-0.4, -0.2) is 55.3 Å². The molecule has 0 radical (unpaired) electrons. The third kappa shape index (κ3) is 5.00. The Bertz CT molecular complexity index is 835. The molecule has 0 amide bonds. The first-order valence-electron chi connectivity index (χ1n) is 9.92. The topological polar surface area (TPSA) is 94.8 Å². The van der Waals surface area contributed by atoms with Crippen molar-refractivity contribution in [3.05, 3.63) is 23.9 Å². The van der Waals surface area contributed by atoms with Crippen LogP contribution in [0.15, 0.2) is 18.3 Å². The Morgan fingerprint density at radius 3 is 2.31 bits per heavy atom. The molecule has 1 saturated heterocycles. The second kappa shape index (κ2) is 9.17. The van der Waals surface area contributed by atoms with Gasteiger partial charge in [-0.15, -0.1) is 0 Å². The summed E-state index contributed by atoms with van der Waals surface area (Å²) in [6.07, 6.45) is 3.73. The lowest BCUT2D eigenvalue weighted by Crippen LogP contribution is -2.37. The summed E-state index contributed by atoms with van der Waals surface area (Å²) in [7, 11) is 5.35. The highest BCUT2D eigenvalue weighted by Crippen LogP contribution is 2.40. The molecule has 29 heavy (non-hydrogen) atoms. The number of methoxy groups -OCH3 is 2. The van der Waals surface area contributed by atoms with Crippen molar-refractivity contribution in [1.82, 2.24) is 14.9 Å². The van der Waals surface area contributed by atoms with Crippen molar-refractivity contribution in [2.24, 2.45) is 0 Å². The van der Waals surface area contributed by atoms with E-state index in [0.717, 1.165) is 31.5 Å². The first-order chi connectivity index (χ1) is 13.9. The summed E-state index contributed by atoms with van der Waals surface area (Å²) in [6, 6.07) is 4.08. The highest BCUT2D eigenvalue weighted by Gasteiger charge is 2.19. The van der Waals surface area contributed by atoms with Crippen molar-refractivity contribution in [3.8, 4) is 23.0 Å². The van der Waals surface area contributed by atoms with E-state index in [1.54, 1.807) is 26.5 Å². The standard InChI is InChI=1S/C21H31N5O3/c1-13(2)15-10-17(27-4)18(28-5)11-16(15)29-19-12-23-21(25-20(19)22)24-14-6-8-26(3)9-7-14/h10-14H,6-9H2,1-5H3,(H3,22,23,24,25). The molecule has 0 bridgehead atoms. The number of nitrogen functional groups attached to an aromatic ring is 1. The number of aromatic nitrogens is 2. The molecule has 2 heterocycles. The molecule has 1 aliphatic rings. The fourth-order valence-corrected chi connectivity index (χ4v) is 3.40. The molecular weight excluding hydrogens is 370 g/mol. The van der Waals surface area contributed by atoms with E-state index in [1.807, 2.05) is 6.07 Å². The van der Waals surface area contributed by atoms with Crippen LogP contribution in [0.5, 0.6) is 23.0 Å². The first-order valence-corrected chi connectivity index (χ1v) is 9.92. The second-order valence-corrected chi connectivity index (χ2v) is 7.67. The van der Waals surface area contributed by atoms with Crippen LogP contribution in [0.4, 0.5) is 11.8 Å². The summed E-state index contributed by atoms with van der Waals surface area (Å²) in [5.41, 5.74) is 7.15. The molecule has 1 aromatic heterocycles. The highest BCUT2D eigenvalue weighted by molar-refractivity contribution is 5.55. The number of nitrogens with two attached hydrogens (primary N) is 1. The predicted octanol–water partition coefficient (Wildman–Crippen LogP) is 3.50. The van der Waals surface area contributed by atoms with E-state index in [-0.39, 0.29) is 5.92 Å². The number of anilines is 2. The van der Waals surface area contributed by atoms with Gasteiger partial charge in [0, 0.05) is 17.7 Å². The van der Waals surface area contributed by atoms with Gasteiger partial charge < -0.3 is 30.2 Å². The van der Waals surface area contributed by atoms with Gasteiger partial charge in [-0.1, -0.05) is 13.8 Å². The Morgan fingerprint density at radius 1 is 1.07 bits per heavy atom. The van der Waals surface area contributed by atoms with E-state index in [9.17, 15) is 0 Å². The summed E-state index contributed by atoms with van der Waals surface area (Å²) < 4.78 is 16.9. The van der Waals surface area contributed by atoms with Crippen molar-refractivity contribution < 1.29 is 14.2 Å². The van der Waals surface area contributed by atoms with E-state index in [2.05, 4.69) is 41.1 Å². The van der Waals surface area contributed by atoms with Gasteiger partial charge in [0.1, 0.15) is 5.75 Å². The SMILES string of the molecule is COc1cc(Oc2cnc(NC3CCN(C)CC3)nc2N)c(C(C)C)cc1OC. The minimum Gasteiger partial charge on any atom is -0.493 e. The number of likely N-dealkylation sites (tertiary alicyclic amines) is 1. The molecule has 0 aliphatic carbocycles. The van der Waals surface area contributed by atoms with E-state index in [1.165, 1.54) is 0 Å². The van der Waals surface area contributed by atoms with Crippen LogP contribution in [0.2, 0.25) is 0 Å². The number of rotatable bonds is 7. The lowest BCUT2D eigenvalue weighted by Gasteiger charge is -2.29. The number of nitrogens with zero attached hydrogens (tertiary/aromatic N) is 3. The van der Waals surface area contributed by atoms with Gasteiger partial charge in [0.05, 0.1) is 20.4 Å². The molecular formula is C21H31N5O3. The molecule has 1 fully saturated rings. The summed E-state index contributed by atoms with van der Waals surface area (Å²) in [5, 5.41) is 3.38. The van der Waals surface area contributed by atoms with Crippen LogP contribution >= 0.6 is 0 Å². The van der Waals surface area contributed by atoms with E-state index >= 15 is 0 Å². The molecule has 0 unspecified atom stereocenters. The highest BCUT2D eigenvalue weighted by atomic mass is 16.5. The maximum absolute atomic E-state index is 6.17. The van der Waals surface area contributed by atoms with Gasteiger partial charge in [0.25, 0.3) is 0 Å². The number of ether oxygens (including phenoxy) is 3. The van der Waals surface area contributed by atoms with Gasteiger partial charge in [-0.2, -0.15) is 4.98 Å². The Balaban J connectivity index is 1.79. The Morgan fingerprint density at radius 2 is 1.72 bits per heavy atom. The minimum atomic E-state index is 0.220. The lowest BCUT2D eigenvalue weighted by atomic mass is 10.0. The number of hydrogen-bond acceptors (Lipinski definition) is 8. The fourth-order valence-electron chi connectivity index (χ4n) is 3.40. The molecule has 158 valence electrons. The average Bonchev–Trinajstić information content (AvgIpc) is 2.71. The van der Waals surface area contributed by atoms with Crippen LogP contribution in [0.3, 0.4) is 0 Å². The van der Waals surface area contributed by atoms with Gasteiger partial charge in [-0.05, 0) is 45.0 Å². The molecule has 0 atom stereocenters. The summed E-state index contributed by atoms with van der Waals surface area (Å²) >= 11 is 0. The Hall–Kier alpha value is -2.74. The quantitative estimate of drug-likeness (QED) is 0.728. The van der Waals surface area contributed by atoms with E-state index in [0.29, 0.717) is 40.8 Å². The number of nitrogens with one attached hydrogen (secondary N) is 1. The third-order valence-corrected chi connectivity index (χ3v) is 5.19. The number of hydrogen-bond donors (Lipinski definition) is 2. The van der Waals surface area contributed by atoms with Crippen molar-refractivity contribution in [2.75, 3.05) is 45.4 Å².